The van der Waals surface area contributed by atoms with E-state index in [9.17, 15) is 8.42 Å². The third kappa shape index (κ3) is 3.35. The normalized spacial score (nSPS) is 20.1. The van der Waals surface area contributed by atoms with Crippen LogP contribution in [0.4, 0.5) is 5.69 Å². The lowest BCUT2D eigenvalue weighted by Crippen LogP contribution is -2.41. The molecule has 0 aliphatic carbocycles. The molecule has 0 bridgehead atoms. The number of ether oxygens (including phenoxy) is 1. The van der Waals surface area contributed by atoms with E-state index in [1.54, 1.807) is 7.11 Å². The number of methoxy groups -OCH3 is 1. The molecule has 1 aromatic carbocycles. The van der Waals surface area contributed by atoms with Crippen LogP contribution in [-0.4, -0.2) is 39.5 Å². The number of nitrogens with two attached hydrogens (primary N) is 1. The van der Waals surface area contributed by atoms with Crippen molar-refractivity contribution in [3.8, 4) is 6.07 Å². The Balaban J connectivity index is 2.27. The Kier molecular flexibility index (Phi) is 4.83. The first-order valence-electron chi connectivity index (χ1n) is 6.77. The second kappa shape index (κ2) is 6.43. The Morgan fingerprint density at radius 3 is 2.90 bits per heavy atom. The van der Waals surface area contributed by atoms with Crippen LogP contribution < -0.4 is 5.73 Å². The minimum absolute atomic E-state index is 0.0690. The van der Waals surface area contributed by atoms with E-state index in [1.807, 2.05) is 6.07 Å². The van der Waals surface area contributed by atoms with E-state index in [-0.39, 0.29) is 16.5 Å². The fourth-order valence-electron chi connectivity index (χ4n) is 2.61. The molecule has 1 aliphatic rings. The van der Waals surface area contributed by atoms with Gasteiger partial charge in [0.15, 0.2) is 0 Å². The van der Waals surface area contributed by atoms with Gasteiger partial charge in [0.25, 0.3) is 0 Å². The standard InChI is InChI=1S/C14H19N3O3S/c1-20-10-12-3-2-6-17(9-12)21(18,19)14-5-4-11(8-15)7-13(14)16/h4-5,7,12H,2-3,6,9-10,16H2,1H3. The molecule has 0 spiro atoms. The molecule has 0 aromatic heterocycles. The van der Waals surface area contributed by atoms with E-state index in [0.29, 0.717) is 25.3 Å². The lowest BCUT2D eigenvalue weighted by Gasteiger charge is -2.31. The van der Waals surface area contributed by atoms with Gasteiger partial charge in [0.2, 0.25) is 10.0 Å². The van der Waals surface area contributed by atoms with E-state index in [0.717, 1.165) is 12.8 Å². The molecule has 1 aromatic rings. The van der Waals surface area contributed by atoms with Crippen LogP contribution in [0.5, 0.6) is 0 Å². The van der Waals surface area contributed by atoms with Crippen LogP contribution in [0.15, 0.2) is 23.1 Å². The van der Waals surface area contributed by atoms with Crippen molar-refractivity contribution in [3.05, 3.63) is 23.8 Å². The highest BCUT2D eigenvalue weighted by atomic mass is 32.2. The lowest BCUT2D eigenvalue weighted by molar-refractivity contribution is 0.118. The highest BCUT2D eigenvalue weighted by Gasteiger charge is 2.31. The molecule has 1 aliphatic heterocycles. The molecule has 1 heterocycles. The summed E-state index contributed by atoms with van der Waals surface area (Å²) < 4.78 is 31.9. The highest BCUT2D eigenvalue weighted by molar-refractivity contribution is 7.89. The summed E-state index contributed by atoms with van der Waals surface area (Å²) in [6, 6.07) is 6.22. The molecule has 0 radical (unpaired) electrons. The predicted octanol–water partition coefficient (Wildman–Crippen LogP) is 1.19. The van der Waals surface area contributed by atoms with Gasteiger partial charge in [0.05, 0.1) is 23.9 Å². The number of hydrogen-bond acceptors (Lipinski definition) is 5. The smallest absolute Gasteiger partial charge is 0.245 e. The van der Waals surface area contributed by atoms with Crippen molar-refractivity contribution in [1.82, 2.24) is 4.31 Å². The second-order valence-corrected chi connectivity index (χ2v) is 7.10. The zero-order chi connectivity index (χ0) is 15.5. The summed E-state index contributed by atoms with van der Waals surface area (Å²) in [7, 11) is -2.01. The molecule has 2 N–H and O–H groups in total. The summed E-state index contributed by atoms with van der Waals surface area (Å²) in [4.78, 5) is 0.0690. The fraction of sp³-hybridized carbons (Fsp3) is 0.500. The SMILES string of the molecule is COCC1CCCN(S(=O)(=O)c2ccc(C#N)cc2N)C1. The monoisotopic (exact) mass is 309 g/mol. The number of sulfonamides is 1. The molecule has 7 heteroatoms. The number of nitriles is 1. The molecular weight excluding hydrogens is 290 g/mol. The zero-order valence-electron chi connectivity index (χ0n) is 11.9. The number of nitrogen functional groups attached to an aromatic ring is 1. The van der Waals surface area contributed by atoms with Crippen LogP contribution in [0, 0.1) is 17.2 Å². The van der Waals surface area contributed by atoms with Crippen molar-refractivity contribution in [2.24, 2.45) is 5.92 Å². The molecule has 21 heavy (non-hydrogen) atoms. The minimum Gasteiger partial charge on any atom is -0.398 e. The topological polar surface area (TPSA) is 96.4 Å². The van der Waals surface area contributed by atoms with Crippen molar-refractivity contribution in [3.63, 3.8) is 0 Å². The minimum atomic E-state index is -3.63. The lowest BCUT2D eigenvalue weighted by atomic mass is 10.0. The van der Waals surface area contributed by atoms with Crippen LogP contribution in [0.3, 0.4) is 0 Å². The molecule has 1 unspecified atom stereocenters. The van der Waals surface area contributed by atoms with Crippen LogP contribution in [-0.2, 0) is 14.8 Å². The van der Waals surface area contributed by atoms with E-state index < -0.39 is 10.0 Å². The van der Waals surface area contributed by atoms with Crippen molar-refractivity contribution in [1.29, 1.82) is 5.26 Å². The molecule has 114 valence electrons. The Morgan fingerprint density at radius 1 is 1.52 bits per heavy atom. The fourth-order valence-corrected chi connectivity index (χ4v) is 4.26. The maximum atomic E-state index is 12.7. The third-order valence-corrected chi connectivity index (χ3v) is 5.58. The summed E-state index contributed by atoms with van der Waals surface area (Å²) in [6.45, 7) is 1.48. The molecule has 0 amide bonds. The van der Waals surface area contributed by atoms with Crippen molar-refractivity contribution in [2.45, 2.75) is 17.7 Å². The van der Waals surface area contributed by atoms with Gasteiger partial charge in [-0.1, -0.05) is 0 Å². The average molecular weight is 309 g/mol. The Bertz CT molecular complexity index is 650. The molecular formula is C14H19N3O3S. The van der Waals surface area contributed by atoms with E-state index in [4.69, 9.17) is 15.7 Å². The first-order valence-corrected chi connectivity index (χ1v) is 8.21. The largest absolute Gasteiger partial charge is 0.398 e. The van der Waals surface area contributed by atoms with E-state index in [2.05, 4.69) is 0 Å². The molecule has 0 saturated carbocycles. The van der Waals surface area contributed by atoms with Gasteiger partial charge in [-0.15, -0.1) is 0 Å². The van der Waals surface area contributed by atoms with Gasteiger partial charge in [-0.05, 0) is 37.0 Å². The number of benzene rings is 1. The number of nitrogens with zero attached hydrogens (tertiary/aromatic N) is 2. The van der Waals surface area contributed by atoms with Crippen LogP contribution in [0.2, 0.25) is 0 Å². The Morgan fingerprint density at radius 2 is 2.29 bits per heavy atom. The quantitative estimate of drug-likeness (QED) is 0.843. The van der Waals surface area contributed by atoms with Gasteiger partial charge in [0.1, 0.15) is 4.90 Å². The Hall–Kier alpha value is -1.62. The van der Waals surface area contributed by atoms with Crippen molar-refractivity contribution in [2.75, 3.05) is 32.5 Å². The molecule has 6 nitrogen and oxygen atoms in total. The van der Waals surface area contributed by atoms with Gasteiger partial charge in [0, 0.05) is 20.2 Å². The van der Waals surface area contributed by atoms with E-state index >= 15 is 0 Å². The molecule has 1 fully saturated rings. The summed E-state index contributed by atoms with van der Waals surface area (Å²) in [6.07, 6.45) is 1.77. The first kappa shape index (κ1) is 15.8. The maximum absolute atomic E-state index is 12.7. The van der Waals surface area contributed by atoms with Gasteiger partial charge >= 0.3 is 0 Å². The summed E-state index contributed by atoms with van der Waals surface area (Å²) >= 11 is 0. The number of hydrogen-bond donors (Lipinski definition) is 1. The average Bonchev–Trinajstić information content (AvgIpc) is 2.47. The summed E-state index contributed by atoms with van der Waals surface area (Å²) in [5.41, 5.74) is 6.26. The number of piperidine rings is 1. The predicted molar refractivity (Wildman–Crippen MR) is 78.9 cm³/mol. The summed E-state index contributed by atoms with van der Waals surface area (Å²) in [5, 5.41) is 8.82. The van der Waals surface area contributed by atoms with Gasteiger partial charge in [-0.25, -0.2) is 8.42 Å². The maximum Gasteiger partial charge on any atom is 0.245 e. The first-order chi connectivity index (χ1) is 9.98. The third-order valence-electron chi connectivity index (χ3n) is 3.64. The second-order valence-electron chi connectivity index (χ2n) is 5.19. The van der Waals surface area contributed by atoms with E-state index in [1.165, 1.54) is 22.5 Å². The van der Waals surface area contributed by atoms with Crippen LogP contribution in [0.1, 0.15) is 18.4 Å². The number of rotatable bonds is 4. The zero-order valence-corrected chi connectivity index (χ0v) is 12.8. The summed E-state index contributed by atoms with van der Waals surface area (Å²) in [5.74, 6) is 0.207. The number of anilines is 1. The van der Waals surface area contributed by atoms with Gasteiger partial charge < -0.3 is 10.5 Å². The van der Waals surface area contributed by atoms with Crippen LogP contribution in [0.25, 0.3) is 0 Å². The van der Waals surface area contributed by atoms with Gasteiger partial charge in [-0.3, -0.25) is 0 Å². The van der Waals surface area contributed by atoms with Crippen molar-refractivity contribution < 1.29 is 13.2 Å². The van der Waals surface area contributed by atoms with Crippen LogP contribution >= 0.6 is 0 Å². The molecule has 1 saturated heterocycles. The van der Waals surface area contributed by atoms with Gasteiger partial charge in [-0.2, -0.15) is 9.57 Å². The highest BCUT2D eigenvalue weighted by Crippen LogP contribution is 2.27. The molecule has 1 atom stereocenters. The molecule has 2 rings (SSSR count). The van der Waals surface area contributed by atoms with Crippen molar-refractivity contribution >= 4 is 15.7 Å². The Labute approximate surface area is 125 Å².